The maximum atomic E-state index is 12.6. The highest BCUT2D eigenvalue weighted by molar-refractivity contribution is 7.17. The molecule has 4 rings (SSSR count). The number of hydrogen-bond acceptors (Lipinski definition) is 5. The van der Waals surface area contributed by atoms with Crippen LogP contribution >= 0.6 is 22.7 Å². The molecule has 0 saturated heterocycles. The van der Waals surface area contributed by atoms with Crippen molar-refractivity contribution in [2.75, 3.05) is 11.1 Å². The van der Waals surface area contributed by atoms with E-state index < -0.39 is 0 Å². The third-order valence-corrected chi connectivity index (χ3v) is 5.88. The number of pyridine rings is 1. The topological polar surface area (TPSA) is 68.0 Å². The van der Waals surface area contributed by atoms with Gasteiger partial charge in [-0.3, -0.25) is 9.78 Å². The van der Waals surface area contributed by atoms with Crippen LogP contribution in [-0.4, -0.2) is 10.9 Å². The van der Waals surface area contributed by atoms with Crippen LogP contribution in [0.5, 0.6) is 0 Å². The summed E-state index contributed by atoms with van der Waals surface area (Å²) in [6, 6.07) is 19.2. The first-order valence-electron chi connectivity index (χ1n) is 7.97. The molecule has 0 aliphatic rings. The summed E-state index contributed by atoms with van der Waals surface area (Å²) in [5, 5.41) is 4.95. The van der Waals surface area contributed by atoms with Crippen LogP contribution in [0.2, 0.25) is 0 Å². The molecular formula is C20H15N3OS2. The molecule has 1 aromatic carbocycles. The van der Waals surface area contributed by atoms with Crippen molar-refractivity contribution in [3.05, 3.63) is 77.1 Å². The molecule has 26 heavy (non-hydrogen) atoms. The second kappa shape index (κ2) is 7.11. The molecule has 1 amide bonds. The molecule has 4 aromatic rings. The quantitative estimate of drug-likeness (QED) is 0.470. The highest BCUT2D eigenvalue weighted by Gasteiger charge is 2.13. The minimum atomic E-state index is -0.174. The SMILES string of the molecule is Nc1ccc(-c2cccs2)cc1NC(=O)c1ccc(-c2ccccn2)s1. The van der Waals surface area contributed by atoms with Crippen LogP contribution in [0, 0.1) is 0 Å². The number of anilines is 2. The normalized spacial score (nSPS) is 10.6. The Morgan fingerprint density at radius 1 is 1.00 bits per heavy atom. The molecule has 0 spiro atoms. The van der Waals surface area contributed by atoms with Gasteiger partial charge in [-0.25, -0.2) is 0 Å². The van der Waals surface area contributed by atoms with Gasteiger partial charge in [0, 0.05) is 11.1 Å². The number of nitrogens with zero attached hydrogens (tertiary/aromatic N) is 1. The van der Waals surface area contributed by atoms with Crippen molar-refractivity contribution in [2.24, 2.45) is 0 Å². The number of carbonyl (C=O) groups is 1. The Morgan fingerprint density at radius 3 is 2.69 bits per heavy atom. The van der Waals surface area contributed by atoms with Crippen molar-refractivity contribution >= 4 is 40.0 Å². The Kier molecular flexibility index (Phi) is 4.51. The molecule has 0 aliphatic heterocycles. The molecule has 3 N–H and O–H groups in total. The van der Waals surface area contributed by atoms with Crippen LogP contribution in [-0.2, 0) is 0 Å². The molecular weight excluding hydrogens is 362 g/mol. The van der Waals surface area contributed by atoms with Crippen molar-refractivity contribution in [3.8, 4) is 21.0 Å². The number of carbonyl (C=O) groups excluding carboxylic acids is 1. The first-order chi connectivity index (χ1) is 12.7. The summed E-state index contributed by atoms with van der Waals surface area (Å²) in [6.45, 7) is 0. The zero-order valence-corrected chi connectivity index (χ0v) is 15.3. The van der Waals surface area contributed by atoms with E-state index in [1.807, 2.05) is 66.0 Å². The second-order valence-electron chi connectivity index (χ2n) is 5.61. The van der Waals surface area contributed by atoms with Gasteiger partial charge in [0.2, 0.25) is 0 Å². The molecule has 3 heterocycles. The highest BCUT2D eigenvalue weighted by atomic mass is 32.1. The average molecular weight is 377 g/mol. The van der Waals surface area contributed by atoms with Crippen LogP contribution in [0.4, 0.5) is 11.4 Å². The van der Waals surface area contributed by atoms with E-state index in [1.165, 1.54) is 11.3 Å². The lowest BCUT2D eigenvalue weighted by Gasteiger charge is -2.09. The fourth-order valence-electron chi connectivity index (χ4n) is 2.55. The van der Waals surface area contributed by atoms with Crippen LogP contribution in [0.1, 0.15) is 9.67 Å². The summed E-state index contributed by atoms with van der Waals surface area (Å²) < 4.78 is 0. The Labute approximate surface area is 159 Å². The molecule has 4 nitrogen and oxygen atoms in total. The molecule has 0 aliphatic carbocycles. The zero-order chi connectivity index (χ0) is 17.9. The van der Waals surface area contributed by atoms with Crippen LogP contribution in [0.15, 0.2) is 72.2 Å². The second-order valence-corrected chi connectivity index (χ2v) is 7.64. The Morgan fingerprint density at radius 2 is 1.92 bits per heavy atom. The van der Waals surface area contributed by atoms with Gasteiger partial charge in [0.05, 0.1) is 26.8 Å². The van der Waals surface area contributed by atoms with E-state index in [0.29, 0.717) is 16.3 Å². The van der Waals surface area contributed by atoms with Crippen LogP contribution in [0.3, 0.4) is 0 Å². The van der Waals surface area contributed by atoms with Crippen LogP contribution in [0.25, 0.3) is 21.0 Å². The van der Waals surface area contributed by atoms with E-state index in [9.17, 15) is 4.79 Å². The number of thiophene rings is 2. The predicted molar refractivity (Wildman–Crippen MR) is 110 cm³/mol. The number of amides is 1. The van der Waals surface area contributed by atoms with E-state index in [4.69, 9.17) is 5.73 Å². The lowest BCUT2D eigenvalue weighted by Crippen LogP contribution is -2.11. The Hall–Kier alpha value is -2.96. The maximum Gasteiger partial charge on any atom is 0.265 e. The fraction of sp³-hybridized carbons (Fsp3) is 0. The first kappa shape index (κ1) is 16.5. The number of nitrogens with one attached hydrogen (secondary N) is 1. The van der Waals surface area contributed by atoms with Crippen molar-refractivity contribution in [1.82, 2.24) is 4.98 Å². The number of benzene rings is 1. The predicted octanol–water partition coefficient (Wildman–Crippen LogP) is 5.37. The largest absolute Gasteiger partial charge is 0.397 e. The third-order valence-electron chi connectivity index (χ3n) is 3.85. The molecule has 0 bridgehead atoms. The molecule has 3 aromatic heterocycles. The van der Waals surface area contributed by atoms with E-state index in [1.54, 1.807) is 17.5 Å². The minimum Gasteiger partial charge on any atom is -0.397 e. The molecule has 0 atom stereocenters. The average Bonchev–Trinajstić information content (AvgIpc) is 3.36. The van der Waals surface area contributed by atoms with E-state index in [0.717, 1.165) is 21.0 Å². The van der Waals surface area contributed by atoms with Gasteiger partial charge < -0.3 is 11.1 Å². The van der Waals surface area contributed by atoms with E-state index in [2.05, 4.69) is 10.3 Å². The van der Waals surface area contributed by atoms with Crippen molar-refractivity contribution in [2.45, 2.75) is 0 Å². The van der Waals surface area contributed by atoms with Gasteiger partial charge >= 0.3 is 0 Å². The van der Waals surface area contributed by atoms with Gasteiger partial charge in [-0.05, 0) is 53.4 Å². The number of aromatic nitrogens is 1. The Bertz CT molecular complexity index is 1040. The maximum absolute atomic E-state index is 12.6. The first-order valence-corrected chi connectivity index (χ1v) is 9.66. The third kappa shape index (κ3) is 3.37. The summed E-state index contributed by atoms with van der Waals surface area (Å²) in [5.41, 5.74) is 9.10. The summed E-state index contributed by atoms with van der Waals surface area (Å²) >= 11 is 3.06. The summed E-state index contributed by atoms with van der Waals surface area (Å²) in [6.07, 6.45) is 1.74. The lowest BCUT2D eigenvalue weighted by molar-refractivity contribution is 0.103. The molecule has 128 valence electrons. The standard InChI is InChI=1S/C20H15N3OS2/c21-14-7-6-13(17-5-3-11-25-17)12-16(14)23-20(24)19-9-8-18(26-19)15-4-1-2-10-22-15/h1-12H,21H2,(H,23,24). The van der Waals surface area contributed by atoms with E-state index in [-0.39, 0.29) is 5.91 Å². The fourth-order valence-corrected chi connectivity index (χ4v) is 4.15. The molecule has 0 unspecified atom stereocenters. The number of nitrogen functional groups attached to an aromatic ring is 1. The Balaban J connectivity index is 1.57. The summed E-state index contributed by atoms with van der Waals surface area (Å²) in [7, 11) is 0. The lowest BCUT2D eigenvalue weighted by atomic mass is 10.1. The molecule has 6 heteroatoms. The molecule has 0 fully saturated rings. The van der Waals surface area contributed by atoms with Crippen LogP contribution < -0.4 is 11.1 Å². The summed E-state index contributed by atoms with van der Waals surface area (Å²) in [5.74, 6) is -0.174. The van der Waals surface area contributed by atoms with Crippen molar-refractivity contribution in [1.29, 1.82) is 0 Å². The van der Waals surface area contributed by atoms with Gasteiger partial charge in [0.25, 0.3) is 5.91 Å². The minimum absolute atomic E-state index is 0.174. The zero-order valence-electron chi connectivity index (χ0n) is 13.7. The van der Waals surface area contributed by atoms with Gasteiger partial charge in [0.1, 0.15) is 0 Å². The molecule has 0 radical (unpaired) electrons. The van der Waals surface area contributed by atoms with Crippen molar-refractivity contribution in [3.63, 3.8) is 0 Å². The smallest absolute Gasteiger partial charge is 0.265 e. The van der Waals surface area contributed by atoms with Gasteiger partial charge in [0.15, 0.2) is 0 Å². The summed E-state index contributed by atoms with van der Waals surface area (Å²) in [4.78, 5) is 19.7. The van der Waals surface area contributed by atoms with Gasteiger partial charge in [-0.2, -0.15) is 0 Å². The number of hydrogen-bond donors (Lipinski definition) is 2. The van der Waals surface area contributed by atoms with Crippen molar-refractivity contribution < 1.29 is 4.79 Å². The van der Waals surface area contributed by atoms with Gasteiger partial charge in [-0.15, -0.1) is 22.7 Å². The number of rotatable bonds is 4. The number of nitrogens with two attached hydrogens (primary N) is 1. The van der Waals surface area contributed by atoms with Gasteiger partial charge in [-0.1, -0.05) is 18.2 Å². The van der Waals surface area contributed by atoms with E-state index >= 15 is 0 Å². The highest BCUT2D eigenvalue weighted by Crippen LogP contribution is 2.31. The monoisotopic (exact) mass is 377 g/mol. The molecule has 0 saturated carbocycles.